The lowest BCUT2D eigenvalue weighted by Crippen LogP contribution is -2.39. The number of amidine groups is 1. The first-order valence-corrected chi connectivity index (χ1v) is 12.4. The summed E-state index contributed by atoms with van der Waals surface area (Å²) in [5, 5.41) is 4.57. The van der Waals surface area contributed by atoms with Crippen molar-refractivity contribution in [3.63, 3.8) is 0 Å². The summed E-state index contributed by atoms with van der Waals surface area (Å²) in [5.74, 6) is 0.0192. The molecule has 0 bridgehead atoms. The second-order valence-corrected chi connectivity index (χ2v) is 10.8. The third-order valence-corrected chi connectivity index (χ3v) is 7.81. The van der Waals surface area contributed by atoms with E-state index in [4.69, 9.17) is 23.2 Å². The van der Waals surface area contributed by atoms with E-state index in [1.165, 1.54) is 11.8 Å². The summed E-state index contributed by atoms with van der Waals surface area (Å²) in [6, 6.07) is 13.5. The number of fused-ring (bicyclic) bond motifs is 1. The highest BCUT2D eigenvalue weighted by Gasteiger charge is 2.47. The summed E-state index contributed by atoms with van der Waals surface area (Å²) >= 11 is 13.2. The highest BCUT2D eigenvalue weighted by atomic mass is 35.5. The van der Waals surface area contributed by atoms with E-state index in [9.17, 15) is 13.2 Å². The van der Waals surface area contributed by atoms with Crippen LogP contribution in [0.1, 0.15) is 0 Å². The third kappa shape index (κ3) is 4.71. The smallest absolute Gasteiger partial charge is 0.234 e. The first kappa shape index (κ1) is 20.5. The zero-order valence-electron chi connectivity index (χ0n) is 15.1. The first-order valence-electron chi connectivity index (χ1n) is 8.82. The van der Waals surface area contributed by atoms with Crippen LogP contribution >= 0.6 is 35.0 Å². The molecule has 0 spiro atoms. The van der Waals surface area contributed by atoms with Crippen LogP contribution in [-0.2, 0) is 14.6 Å². The van der Waals surface area contributed by atoms with E-state index in [1.54, 1.807) is 36.4 Å². The van der Waals surface area contributed by atoms with Crippen LogP contribution in [0.3, 0.4) is 0 Å². The zero-order chi connectivity index (χ0) is 20.6. The van der Waals surface area contributed by atoms with E-state index in [0.717, 1.165) is 5.69 Å². The SMILES string of the molecule is O=C(CSC1=N[C@H]2CS(=O)(=O)C[C@@H]2N1c1ccc(Cl)cc1)Nc1cccc(Cl)c1. The standard InChI is InChI=1S/C19H17Cl2N3O3S2/c20-12-4-6-15(7-5-12)24-17-11-29(26,27)10-16(17)23-19(24)28-9-18(25)22-14-3-1-2-13(21)8-14/h1-8,16-17H,9-11H2,(H,22,25)/t16-,17-/m0/s1. The predicted octanol–water partition coefficient (Wildman–Crippen LogP) is 3.71. The van der Waals surface area contributed by atoms with Gasteiger partial charge in [0.2, 0.25) is 5.91 Å². The van der Waals surface area contributed by atoms with Crippen molar-refractivity contribution < 1.29 is 13.2 Å². The minimum absolute atomic E-state index is 0.0283. The van der Waals surface area contributed by atoms with Crippen LogP contribution in [0.2, 0.25) is 10.0 Å². The average molecular weight is 470 g/mol. The van der Waals surface area contributed by atoms with Crippen molar-refractivity contribution in [2.24, 2.45) is 4.99 Å². The molecule has 2 atom stereocenters. The van der Waals surface area contributed by atoms with Gasteiger partial charge in [-0.25, -0.2) is 8.42 Å². The molecule has 0 aromatic heterocycles. The molecule has 29 heavy (non-hydrogen) atoms. The van der Waals surface area contributed by atoms with Gasteiger partial charge in [0.1, 0.15) is 0 Å². The summed E-state index contributed by atoms with van der Waals surface area (Å²) in [5.41, 5.74) is 1.43. The van der Waals surface area contributed by atoms with E-state index in [2.05, 4.69) is 10.3 Å². The van der Waals surface area contributed by atoms with Gasteiger partial charge >= 0.3 is 0 Å². The van der Waals surface area contributed by atoms with Crippen LogP contribution < -0.4 is 10.2 Å². The molecule has 0 aliphatic carbocycles. The maximum Gasteiger partial charge on any atom is 0.234 e. The number of hydrogen-bond acceptors (Lipinski definition) is 6. The van der Waals surface area contributed by atoms with Crippen molar-refractivity contribution in [3.05, 3.63) is 58.6 Å². The number of carbonyl (C=O) groups excluding carboxylic acids is 1. The van der Waals surface area contributed by atoms with Gasteiger partial charge in [-0.15, -0.1) is 0 Å². The summed E-state index contributed by atoms with van der Waals surface area (Å²) in [6.45, 7) is 0. The van der Waals surface area contributed by atoms with Crippen LogP contribution in [-0.4, -0.2) is 48.8 Å². The zero-order valence-corrected chi connectivity index (χ0v) is 18.2. The van der Waals surface area contributed by atoms with Gasteiger partial charge in [0.05, 0.1) is 29.3 Å². The summed E-state index contributed by atoms with van der Waals surface area (Å²) < 4.78 is 24.2. The van der Waals surface area contributed by atoms with Gasteiger partial charge in [0, 0.05) is 21.4 Å². The van der Waals surface area contributed by atoms with Crippen molar-refractivity contribution in [3.8, 4) is 0 Å². The van der Waals surface area contributed by atoms with E-state index in [-0.39, 0.29) is 35.2 Å². The van der Waals surface area contributed by atoms with Crippen LogP contribution in [0.4, 0.5) is 11.4 Å². The van der Waals surface area contributed by atoms with Crippen LogP contribution in [0, 0.1) is 0 Å². The first-order chi connectivity index (χ1) is 13.8. The molecule has 4 rings (SSSR count). The fourth-order valence-electron chi connectivity index (χ4n) is 3.43. The number of nitrogens with one attached hydrogen (secondary N) is 1. The number of sulfone groups is 1. The Hall–Kier alpha value is -1.74. The van der Waals surface area contributed by atoms with Gasteiger partial charge in [0.15, 0.2) is 15.0 Å². The van der Waals surface area contributed by atoms with Crippen LogP contribution in [0.25, 0.3) is 0 Å². The highest BCUT2D eigenvalue weighted by molar-refractivity contribution is 8.14. The normalized spacial score (nSPS) is 22.3. The Morgan fingerprint density at radius 2 is 1.90 bits per heavy atom. The lowest BCUT2D eigenvalue weighted by Gasteiger charge is -2.26. The van der Waals surface area contributed by atoms with Crippen LogP contribution in [0.15, 0.2) is 53.5 Å². The number of amides is 1. The van der Waals surface area contributed by atoms with Gasteiger partial charge in [0.25, 0.3) is 0 Å². The topological polar surface area (TPSA) is 78.8 Å². The Balaban J connectivity index is 1.50. The van der Waals surface area contributed by atoms with Crippen molar-refractivity contribution in [2.45, 2.75) is 12.1 Å². The van der Waals surface area contributed by atoms with Gasteiger partial charge in [-0.2, -0.15) is 0 Å². The Morgan fingerprint density at radius 1 is 1.14 bits per heavy atom. The monoisotopic (exact) mass is 469 g/mol. The number of carbonyl (C=O) groups is 1. The number of benzene rings is 2. The molecule has 2 aromatic rings. The van der Waals surface area contributed by atoms with E-state index in [0.29, 0.717) is 20.9 Å². The van der Waals surface area contributed by atoms with E-state index < -0.39 is 9.84 Å². The highest BCUT2D eigenvalue weighted by Crippen LogP contribution is 2.35. The number of anilines is 2. The number of rotatable bonds is 4. The van der Waals surface area contributed by atoms with Gasteiger partial charge in [-0.05, 0) is 42.5 Å². The van der Waals surface area contributed by atoms with Crippen molar-refractivity contribution in [2.75, 3.05) is 27.5 Å². The second kappa shape index (κ2) is 8.18. The quantitative estimate of drug-likeness (QED) is 0.737. The third-order valence-electron chi connectivity index (χ3n) is 4.65. The summed E-state index contributed by atoms with van der Waals surface area (Å²) in [7, 11) is -3.13. The molecule has 0 radical (unpaired) electrons. The van der Waals surface area contributed by atoms with Gasteiger partial charge < -0.3 is 10.2 Å². The summed E-state index contributed by atoms with van der Waals surface area (Å²) in [4.78, 5) is 18.9. The molecule has 152 valence electrons. The van der Waals surface area contributed by atoms with Gasteiger partial charge in [-0.1, -0.05) is 41.0 Å². The largest absolute Gasteiger partial charge is 0.325 e. The number of thioether (sulfide) groups is 1. The fraction of sp³-hybridized carbons (Fsp3) is 0.263. The fourth-order valence-corrected chi connectivity index (χ4v) is 6.51. The molecule has 2 aliphatic rings. The number of nitrogens with zero attached hydrogens (tertiary/aromatic N) is 2. The molecule has 2 aliphatic heterocycles. The maximum atomic E-state index is 12.4. The number of aliphatic imine (C=N–C) groups is 1. The number of hydrogen-bond donors (Lipinski definition) is 1. The Kier molecular flexibility index (Phi) is 5.79. The Morgan fingerprint density at radius 3 is 2.62 bits per heavy atom. The van der Waals surface area contributed by atoms with Gasteiger partial charge in [-0.3, -0.25) is 9.79 Å². The molecule has 6 nitrogen and oxygen atoms in total. The maximum absolute atomic E-state index is 12.4. The van der Waals surface area contributed by atoms with Crippen molar-refractivity contribution >= 4 is 67.3 Å². The molecule has 0 unspecified atom stereocenters. The number of halogens is 2. The molecule has 2 heterocycles. The lowest BCUT2D eigenvalue weighted by atomic mass is 10.1. The van der Waals surface area contributed by atoms with Crippen molar-refractivity contribution in [1.82, 2.24) is 0 Å². The molecule has 1 fully saturated rings. The molecule has 0 saturated carbocycles. The molecule has 1 amide bonds. The second-order valence-electron chi connectivity index (χ2n) is 6.82. The Labute approximate surface area is 183 Å². The Bertz CT molecular complexity index is 1070. The average Bonchev–Trinajstić information content (AvgIpc) is 3.12. The molecule has 2 aromatic carbocycles. The van der Waals surface area contributed by atoms with E-state index >= 15 is 0 Å². The minimum atomic E-state index is -3.13. The summed E-state index contributed by atoms with van der Waals surface area (Å²) in [6.07, 6.45) is 0. The van der Waals surface area contributed by atoms with Crippen molar-refractivity contribution in [1.29, 1.82) is 0 Å². The predicted molar refractivity (Wildman–Crippen MR) is 120 cm³/mol. The molecular formula is C19H17Cl2N3O3S2. The minimum Gasteiger partial charge on any atom is -0.325 e. The van der Waals surface area contributed by atoms with E-state index in [1.807, 2.05) is 17.0 Å². The molecule has 1 saturated heterocycles. The molecule has 1 N–H and O–H groups in total. The van der Waals surface area contributed by atoms with Crippen LogP contribution in [0.5, 0.6) is 0 Å². The lowest BCUT2D eigenvalue weighted by molar-refractivity contribution is -0.113. The molecular weight excluding hydrogens is 453 g/mol. The molecule has 10 heteroatoms.